The van der Waals surface area contributed by atoms with Crippen molar-refractivity contribution < 1.29 is 8.42 Å². The zero-order chi connectivity index (χ0) is 14.8. The highest BCUT2D eigenvalue weighted by Crippen LogP contribution is 2.28. The van der Waals surface area contributed by atoms with Crippen molar-refractivity contribution in [1.82, 2.24) is 0 Å². The van der Waals surface area contributed by atoms with Crippen molar-refractivity contribution >= 4 is 27.0 Å². The average Bonchev–Trinajstić information content (AvgIpc) is 2.87. The summed E-state index contributed by atoms with van der Waals surface area (Å²) in [6, 6.07) is 9.03. The van der Waals surface area contributed by atoms with Crippen LogP contribution < -0.4 is 10.5 Å². The first kappa shape index (κ1) is 15.0. The molecule has 3 N–H and O–H groups in total. The fourth-order valence-electron chi connectivity index (χ4n) is 2.01. The molecule has 0 saturated heterocycles. The number of anilines is 1. The molecule has 0 unspecified atom stereocenters. The fourth-order valence-corrected chi connectivity index (χ4v) is 4.43. The predicted octanol–water partition coefficient (Wildman–Crippen LogP) is 3.13. The number of rotatable bonds is 5. The van der Waals surface area contributed by atoms with Crippen molar-refractivity contribution in [3.63, 3.8) is 0 Å². The third-order valence-electron chi connectivity index (χ3n) is 3.01. The van der Waals surface area contributed by atoms with Gasteiger partial charge >= 0.3 is 0 Å². The molecule has 0 spiro atoms. The third kappa shape index (κ3) is 3.03. The highest BCUT2D eigenvalue weighted by Gasteiger charge is 2.20. The Bertz CT molecular complexity index is 691. The summed E-state index contributed by atoms with van der Waals surface area (Å²) in [6.07, 6.45) is 0. The largest absolute Gasteiger partial charge is 0.326 e. The molecule has 4 nitrogen and oxygen atoms in total. The lowest BCUT2D eigenvalue weighted by Gasteiger charge is -2.14. The summed E-state index contributed by atoms with van der Waals surface area (Å²) in [6.45, 7) is 4.28. The van der Waals surface area contributed by atoms with Gasteiger partial charge in [-0.2, -0.15) is 0 Å². The summed E-state index contributed by atoms with van der Waals surface area (Å²) in [5.74, 6) is 0.241. The van der Waals surface area contributed by atoms with Gasteiger partial charge in [0.2, 0.25) is 0 Å². The number of para-hydroxylation sites is 1. The van der Waals surface area contributed by atoms with Crippen LogP contribution in [-0.2, 0) is 16.6 Å². The van der Waals surface area contributed by atoms with E-state index in [0.29, 0.717) is 10.6 Å². The van der Waals surface area contributed by atoms with Crippen molar-refractivity contribution in [1.29, 1.82) is 0 Å². The van der Waals surface area contributed by atoms with E-state index in [2.05, 4.69) is 4.72 Å². The van der Waals surface area contributed by atoms with E-state index in [1.807, 2.05) is 32.0 Å². The monoisotopic (exact) mass is 310 g/mol. The van der Waals surface area contributed by atoms with Gasteiger partial charge in [0, 0.05) is 11.4 Å². The maximum Gasteiger partial charge on any atom is 0.263 e. The summed E-state index contributed by atoms with van der Waals surface area (Å²) >= 11 is 1.35. The predicted molar refractivity (Wildman–Crippen MR) is 83.5 cm³/mol. The summed E-state index contributed by atoms with van der Waals surface area (Å²) in [5, 5.41) is 1.74. The quantitative estimate of drug-likeness (QED) is 0.891. The molecule has 0 radical (unpaired) electrons. The maximum atomic E-state index is 12.5. The van der Waals surface area contributed by atoms with E-state index >= 15 is 0 Å². The van der Waals surface area contributed by atoms with Gasteiger partial charge in [0.05, 0.1) is 5.69 Å². The Morgan fingerprint density at radius 3 is 2.60 bits per heavy atom. The number of nitrogens with one attached hydrogen (secondary N) is 1. The molecule has 2 rings (SSSR count). The fraction of sp³-hybridized carbons (Fsp3) is 0.286. The second-order valence-corrected chi connectivity index (χ2v) is 7.41. The molecule has 108 valence electrons. The molecule has 0 fully saturated rings. The standard InChI is InChI=1S/C14H18N2O2S2/c1-10(2)11-5-3-4-6-12(11)16-20(17,18)14-7-8-19-13(14)9-15/h3-8,10,16H,9,15H2,1-2H3. The normalized spacial score (nSPS) is 11.8. The van der Waals surface area contributed by atoms with E-state index in [1.165, 1.54) is 11.3 Å². The molecule has 6 heteroatoms. The molecule has 0 bridgehead atoms. The lowest BCUT2D eigenvalue weighted by atomic mass is 10.0. The van der Waals surface area contributed by atoms with E-state index in [9.17, 15) is 8.42 Å². The van der Waals surface area contributed by atoms with E-state index in [-0.39, 0.29) is 17.4 Å². The van der Waals surface area contributed by atoms with Gasteiger partial charge in [-0.15, -0.1) is 11.3 Å². The number of hydrogen-bond donors (Lipinski definition) is 2. The van der Waals surface area contributed by atoms with Gasteiger partial charge in [0.25, 0.3) is 10.0 Å². The minimum atomic E-state index is -3.59. The Balaban J connectivity index is 2.39. The SMILES string of the molecule is CC(C)c1ccccc1NS(=O)(=O)c1ccsc1CN. The molecule has 0 aliphatic rings. The highest BCUT2D eigenvalue weighted by molar-refractivity contribution is 7.93. The van der Waals surface area contributed by atoms with E-state index < -0.39 is 10.0 Å². The molecule has 0 amide bonds. The number of benzene rings is 1. The van der Waals surface area contributed by atoms with E-state index in [1.54, 1.807) is 17.5 Å². The Labute approximate surface area is 123 Å². The second-order valence-electron chi connectivity index (χ2n) is 4.76. The molecular formula is C14H18N2O2S2. The first-order chi connectivity index (χ1) is 9.45. The molecule has 0 aliphatic carbocycles. The Morgan fingerprint density at radius 2 is 1.95 bits per heavy atom. The lowest BCUT2D eigenvalue weighted by molar-refractivity contribution is 0.600. The first-order valence-corrected chi connectivity index (χ1v) is 8.70. The molecule has 1 aromatic heterocycles. The first-order valence-electron chi connectivity index (χ1n) is 6.34. The van der Waals surface area contributed by atoms with E-state index in [4.69, 9.17) is 5.73 Å². The van der Waals surface area contributed by atoms with Crippen LogP contribution in [0.4, 0.5) is 5.69 Å². The molecule has 1 aromatic carbocycles. The molecule has 0 atom stereocenters. The van der Waals surface area contributed by atoms with Crippen LogP contribution in [0.25, 0.3) is 0 Å². The van der Waals surface area contributed by atoms with Gasteiger partial charge in [0.15, 0.2) is 0 Å². The topological polar surface area (TPSA) is 72.2 Å². The van der Waals surface area contributed by atoms with Gasteiger partial charge < -0.3 is 5.73 Å². The number of sulfonamides is 1. The Morgan fingerprint density at radius 1 is 1.25 bits per heavy atom. The van der Waals surface area contributed by atoms with Crippen molar-refractivity contribution in [3.8, 4) is 0 Å². The van der Waals surface area contributed by atoms with Crippen molar-refractivity contribution in [2.24, 2.45) is 5.73 Å². The van der Waals surface area contributed by atoms with Crippen molar-refractivity contribution in [2.75, 3.05) is 4.72 Å². The Kier molecular flexibility index (Phi) is 4.47. The molecular weight excluding hydrogens is 292 g/mol. The number of nitrogens with two attached hydrogens (primary N) is 1. The van der Waals surface area contributed by atoms with Gasteiger partial charge in [-0.05, 0) is 29.0 Å². The van der Waals surface area contributed by atoms with E-state index in [0.717, 1.165) is 5.56 Å². The highest BCUT2D eigenvalue weighted by atomic mass is 32.2. The number of hydrogen-bond acceptors (Lipinski definition) is 4. The third-order valence-corrected chi connectivity index (χ3v) is 5.53. The molecule has 0 saturated carbocycles. The van der Waals surface area contributed by atoms with Gasteiger partial charge in [0.1, 0.15) is 4.90 Å². The van der Waals surface area contributed by atoms with Crippen LogP contribution in [0.3, 0.4) is 0 Å². The van der Waals surface area contributed by atoms with Gasteiger partial charge in [-0.3, -0.25) is 4.72 Å². The summed E-state index contributed by atoms with van der Waals surface area (Å²) in [4.78, 5) is 0.933. The molecule has 0 aliphatic heterocycles. The maximum absolute atomic E-state index is 12.5. The van der Waals surface area contributed by atoms with Crippen LogP contribution in [-0.4, -0.2) is 8.42 Å². The van der Waals surface area contributed by atoms with Gasteiger partial charge in [-0.25, -0.2) is 8.42 Å². The molecule has 20 heavy (non-hydrogen) atoms. The Hall–Kier alpha value is -1.37. The lowest BCUT2D eigenvalue weighted by Crippen LogP contribution is -2.16. The van der Waals surface area contributed by atoms with Crippen LogP contribution in [0.2, 0.25) is 0 Å². The molecule has 2 aromatic rings. The van der Waals surface area contributed by atoms with Crippen LogP contribution in [0, 0.1) is 0 Å². The van der Waals surface area contributed by atoms with Crippen LogP contribution in [0.15, 0.2) is 40.6 Å². The van der Waals surface area contributed by atoms with Crippen LogP contribution in [0.1, 0.15) is 30.2 Å². The summed E-state index contributed by atoms with van der Waals surface area (Å²) in [5.41, 5.74) is 7.18. The summed E-state index contributed by atoms with van der Waals surface area (Å²) < 4.78 is 27.6. The number of thiophene rings is 1. The second kappa shape index (κ2) is 5.95. The van der Waals surface area contributed by atoms with Gasteiger partial charge in [-0.1, -0.05) is 32.0 Å². The minimum Gasteiger partial charge on any atom is -0.326 e. The zero-order valence-corrected chi connectivity index (χ0v) is 13.1. The zero-order valence-electron chi connectivity index (χ0n) is 11.5. The average molecular weight is 310 g/mol. The smallest absolute Gasteiger partial charge is 0.263 e. The van der Waals surface area contributed by atoms with Crippen LogP contribution >= 0.6 is 11.3 Å². The van der Waals surface area contributed by atoms with Crippen LogP contribution in [0.5, 0.6) is 0 Å². The van der Waals surface area contributed by atoms with Crippen molar-refractivity contribution in [2.45, 2.75) is 31.2 Å². The summed E-state index contributed by atoms with van der Waals surface area (Å²) in [7, 11) is -3.59. The molecule has 1 heterocycles. The van der Waals surface area contributed by atoms with Crippen molar-refractivity contribution in [3.05, 3.63) is 46.2 Å². The minimum absolute atomic E-state index is 0.222.